The zero-order valence-electron chi connectivity index (χ0n) is 11.3. The molecule has 0 saturated carbocycles. The lowest BCUT2D eigenvalue weighted by molar-refractivity contribution is -0.127. The molecule has 114 valence electrons. The van der Waals surface area contributed by atoms with Gasteiger partial charge in [-0.2, -0.15) is 12.7 Å². The monoisotopic (exact) mass is 313 g/mol. The van der Waals surface area contributed by atoms with Crippen LogP contribution in [-0.4, -0.2) is 49.7 Å². The number of carbonyl (C=O) groups excluding carboxylic acids is 1. The molecule has 1 amide bonds. The van der Waals surface area contributed by atoms with Crippen LogP contribution in [-0.2, 0) is 15.0 Å². The molecular formula is C13H16FN3O3S. The molecule has 0 unspecified atom stereocenters. The van der Waals surface area contributed by atoms with Crippen LogP contribution in [0.2, 0.25) is 0 Å². The van der Waals surface area contributed by atoms with Crippen molar-refractivity contribution in [2.75, 3.05) is 26.2 Å². The molecule has 1 aromatic carbocycles. The predicted octanol–water partition coefficient (Wildman–Crippen LogP) is 0.187. The first-order valence-electron chi connectivity index (χ1n) is 6.37. The zero-order chi connectivity index (χ0) is 15.5. The molecule has 2 N–H and O–H groups in total. The van der Waals surface area contributed by atoms with Crippen molar-refractivity contribution in [1.82, 2.24) is 9.21 Å². The summed E-state index contributed by atoms with van der Waals surface area (Å²) in [5, 5.41) is 5.03. The van der Waals surface area contributed by atoms with Crippen LogP contribution >= 0.6 is 0 Å². The molecular weight excluding hydrogens is 297 g/mol. The van der Waals surface area contributed by atoms with E-state index in [0.717, 1.165) is 4.31 Å². The minimum atomic E-state index is -3.69. The summed E-state index contributed by atoms with van der Waals surface area (Å²) in [6, 6.07) is 5.76. The van der Waals surface area contributed by atoms with Crippen molar-refractivity contribution in [3.05, 3.63) is 41.7 Å². The highest BCUT2D eigenvalue weighted by Gasteiger charge is 2.25. The molecule has 0 atom stereocenters. The number of nitrogens with zero attached hydrogens (tertiary/aromatic N) is 2. The summed E-state index contributed by atoms with van der Waals surface area (Å²) in [6.07, 6.45) is 2.98. The van der Waals surface area contributed by atoms with E-state index in [9.17, 15) is 17.6 Å². The molecule has 1 fully saturated rings. The third-order valence-corrected chi connectivity index (χ3v) is 4.28. The minimum absolute atomic E-state index is 0.189. The molecule has 1 saturated heterocycles. The van der Waals surface area contributed by atoms with Gasteiger partial charge in [-0.15, -0.1) is 0 Å². The number of halogens is 1. The number of carbonyl (C=O) groups is 1. The van der Waals surface area contributed by atoms with E-state index in [2.05, 4.69) is 0 Å². The first-order valence-corrected chi connectivity index (χ1v) is 7.87. The SMILES string of the molecule is NS(=O)(=O)N1CCN(C(=O)/C=C/c2ccc(F)cc2)CC1. The molecule has 1 aromatic rings. The van der Waals surface area contributed by atoms with Crippen molar-refractivity contribution in [2.45, 2.75) is 0 Å². The average Bonchev–Trinajstić information content (AvgIpc) is 2.45. The lowest BCUT2D eigenvalue weighted by atomic mass is 10.2. The maximum absolute atomic E-state index is 12.7. The van der Waals surface area contributed by atoms with Crippen molar-refractivity contribution in [2.24, 2.45) is 5.14 Å². The van der Waals surface area contributed by atoms with Crippen LogP contribution in [0.5, 0.6) is 0 Å². The summed E-state index contributed by atoms with van der Waals surface area (Å²) in [6.45, 7) is 0.968. The van der Waals surface area contributed by atoms with Crippen LogP contribution in [0, 0.1) is 5.82 Å². The Morgan fingerprint density at radius 2 is 1.71 bits per heavy atom. The first-order chi connectivity index (χ1) is 9.86. The van der Waals surface area contributed by atoms with Gasteiger partial charge in [0.1, 0.15) is 5.82 Å². The lowest BCUT2D eigenvalue weighted by Crippen LogP contribution is -2.51. The highest BCUT2D eigenvalue weighted by Crippen LogP contribution is 2.08. The summed E-state index contributed by atoms with van der Waals surface area (Å²) in [5.41, 5.74) is 0.716. The van der Waals surface area contributed by atoms with Gasteiger partial charge in [0, 0.05) is 32.3 Å². The lowest BCUT2D eigenvalue weighted by Gasteiger charge is -2.32. The molecule has 2 rings (SSSR count). The van der Waals surface area contributed by atoms with E-state index in [1.165, 1.54) is 18.2 Å². The van der Waals surface area contributed by atoms with Gasteiger partial charge >= 0.3 is 0 Å². The first kappa shape index (κ1) is 15.6. The third-order valence-electron chi connectivity index (χ3n) is 3.20. The second-order valence-corrected chi connectivity index (χ2v) is 6.20. The normalized spacial score (nSPS) is 17.3. The van der Waals surface area contributed by atoms with Crippen LogP contribution in [0.25, 0.3) is 6.08 Å². The third kappa shape index (κ3) is 4.35. The number of nitrogens with two attached hydrogens (primary N) is 1. The fraction of sp³-hybridized carbons (Fsp3) is 0.308. The van der Waals surface area contributed by atoms with Gasteiger partial charge in [0.05, 0.1) is 0 Å². The van der Waals surface area contributed by atoms with Gasteiger partial charge in [-0.25, -0.2) is 9.53 Å². The van der Waals surface area contributed by atoms with E-state index in [-0.39, 0.29) is 24.8 Å². The Hall–Kier alpha value is -1.77. The van der Waals surface area contributed by atoms with Crippen molar-refractivity contribution in [1.29, 1.82) is 0 Å². The summed E-state index contributed by atoms with van der Waals surface area (Å²) >= 11 is 0. The van der Waals surface area contributed by atoms with Gasteiger partial charge in [-0.1, -0.05) is 12.1 Å². The molecule has 0 aliphatic carbocycles. The number of benzene rings is 1. The van der Waals surface area contributed by atoms with Crippen molar-refractivity contribution >= 4 is 22.2 Å². The summed E-state index contributed by atoms with van der Waals surface area (Å²) in [5.74, 6) is -0.550. The number of rotatable bonds is 3. The molecule has 1 aliphatic rings. The van der Waals surface area contributed by atoms with Gasteiger partial charge in [-0.3, -0.25) is 4.79 Å². The van der Waals surface area contributed by atoms with Gasteiger partial charge in [-0.05, 0) is 23.8 Å². The van der Waals surface area contributed by atoms with Crippen LogP contribution in [0.15, 0.2) is 30.3 Å². The minimum Gasteiger partial charge on any atom is -0.337 e. The second kappa shape index (κ2) is 6.33. The highest BCUT2D eigenvalue weighted by atomic mass is 32.2. The number of hydrogen-bond donors (Lipinski definition) is 1. The van der Waals surface area contributed by atoms with Gasteiger partial charge in [0.25, 0.3) is 10.2 Å². The molecule has 8 heteroatoms. The summed E-state index contributed by atoms with van der Waals surface area (Å²) < 4.78 is 36.2. The Morgan fingerprint density at radius 3 is 2.24 bits per heavy atom. The standard InChI is InChI=1S/C13H16FN3O3S/c14-12-4-1-11(2-5-12)3-6-13(18)16-7-9-17(10-8-16)21(15,19)20/h1-6H,7-10H2,(H2,15,19,20)/b6-3+. The van der Waals surface area contributed by atoms with Gasteiger partial charge in [0.15, 0.2) is 0 Å². The highest BCUT2D eigenvalue weighted by molar-refractivity contribution is 7.86. The smallest absolute Gasteiger partial charge is 0.277 e. The molecule has 0 bridgehead atoms. The Morgan fingerprint density at radius 1 is 1.14 bits per heavy atom. The molecule has 0 aromatic heterocycles. The zero-order valence-corrected chi connectivity index (χ0v) is 12.1. The molecule has 1 heterocycles. The van der Waals surface area contributed by atoms with Crippen molar-refractivity contribution in [3.8, 4) is 0 Å². The van der Waals surface area contributed by atoms with Crippen LogP contribution < -0.4 is 5.14 Å². The number of amides is 1. The number of hydrogen-bond acceptors (Lipinski definition) is 3. The molecule has 0 spiro atoms. The molecule has 6 nitrogen and oxygen atoms in total. The Kier molecular flexibility index (Phi) is 4.71. The number of piperazine rings is 1. The topological polar surface area (TPSA) is 83.7 Å². The van der Waals surface area contributed by atoms with Crippen LogP contribution in [0.1, 0.15) is 5.56 Å². The van der Waals surface area contributed by atoms with Gasteiger partial charge < -0.3 is 4.90 Å². The predicted molar refractivity (Wildman–Crippen MR) is 76.7 cm³/mol. The van der Waals surface area contributed by atoms with E-state index >= 15 is 0 Å². The van der Waals surface area contributed by atoms with Crippen LogP contribution in [0.4, 0.5) is 4.39 Å². The fourth-order valence-electron chi connectivity index (χ4n) is 2.01. The average molecular weight is 313 g/mol. The molecule has 1 aliphatic heterocycles. The van der Waals surface area contributed by atoms with Crippen molar-refractivity contribution in [3.63, 3.8) is 0 Å². The van der Waals surface area contributed by atoms with E-state index in [1.54, 1.807) is 23.1 Å². The Bertz CT molecular complexity index is 635. The second-order valence-electron chi connectivity index (χ2n) is 4.65. The van der Waals surface area contributed by atoms with Crippen LogP contribution in [0.3, 0.4) is 0 Å². The largest absolute Gasteiger partial charge is 0.337 e. The quantitative estimate of drug-likeness (QED) is 0.808. The van der Waals surface area contributed by atoms with E-state index in [1.807, 2.05) is 0 Å². The fourth-order valence-corrected chi connectivity index (χ4v) is 2.68. The van der Waals surface area contributed by atoms with E-state index < -0.39 is 10.2 Å². The molecule has 21 heavy (non-hydrogen) atoms. The van der Waals surface area contributed by atoms with E-state index in [0.29, 0.717) is 18.7 Å². The summed E-state index contributed by atoms with van der Waals surface area (Å²) in [4.78, 5) is 13.5. The maximum atomic E-state index is 12.7. The maximum Gasteiger partial charge on any atom is 0.277 e. The molecule has 0 radical (unpaired) electrons. The Labute approximate surface area is 122 Å². The van der Waals surface area contributed by atoms with E-state index in [4.69, 9.17) is 5.14 Å². The van der Waals surface area contributed by atoms with Crippen molar-refractivity contribution < 1.29 is 17.6 Å². The summed E-state index contributed by atoms with van der Waals surface area (Å²) in [7, 11) is -3.69. The van der Waals surface area contributed by atoms with Gasteiger partial charge in [0.2, 0.25) is 5.91 Å². The Balaban J connectivity index is 1.92.